The van der Waals surface area contributed by atoms with Gasteiger partial charge in [-0.2, -0.15) is 0 Å². The summed E-state index contributed by atoms with van der Waals surface area (Å²) in [5.41, 5.74) is 6.09. The van der Waals surface area contributed by atoms with Crippen LogP contribution < -0.4 is 5.73 Å². The molecule has 0 spiro atoms. The van der Waals surface area contributed by atoms with Crippen LogP contribution in [0.2, 0.25) is 0 Å². The van der Waals surface area contributed by atoms with Gasteiger partial charge in [0.2, 0.25) is 11.8 Å². The number of aromatic carboxylic acids is 1. The van der Waals surface area contributed by atoms with Crippen molar-refractivity contribution < 1.29 is 19.5 Å². The lowest BCUT2D eigenvalue weighted by molar-refractivity contribution is -0.150. The maximum Gasteiger partial charge on any atom is 0.338 e. The Morgan fingerprint density at radius 3 is 2.50 bits per heavy atom. The highest BCUT2D eigenvalue weighted by Crippen LogP contribution is 2.24. The lowest BCUT2D eigenvalue weighted by Crippen LogP contribution is -2.42. The quantitative estimate of drug-likeness (QED) is 0.639. The summed E-state index contributed by atoms with van der Waals surface area (Å²) >= 11 is 0. The summed E-state index contributed by atoms with van der Waals surface area (Å²) in [6, 6.07) is 4.66. The lowest BCUT2D eigenvalue weighted by atomic mass is 9.96. The molecule has 0 aromatic heterocycles. The minimum absolute atomic E-state index is 0.0334. The number of nitrogens with zero attached hydrogens (tertiary/aromatic N) is 1. The van der Waals surface area contributed by atoms with Crippen molar-refractivity contribution in [2.75, 3.05) is 5.73 Å². The van der Waals surface area contributed by atoms with Crippen LogP contribution in [-0.4, -0.2) is 27.8 Å². The van der Waals surface area contributed by atoms with Crippen molar-refractivity contribution in [3.63, 3.8) is 0 Å². The number of carbonyl (C=O) groups excluding carboxylic acids is 2. The number of amides is 2. The molecule has 1 aromatic carbocycles. The number of nitrogens with two attached hydrogens (primary N) is 1. The van der Waals surface area contributed by atoms with Crippen molar-refractivity contribution in [2.24, 2.45) is 5.92 Å². The maximum atomic E-state index is 11.9. The number of likely N-dealkylation sites (tertiary alicyclic amines) is 1. The van der Waals surface area contributed by atoms with E-state index in [1.807, 2.05) is 6.92 Å². The largest absolute Gasteiger partial charge is 0.478 e. The zero-order valence-corrected chi connectivity index (χ0v) is 11.1. The molecule has 2 rings (SSSR count). The molecule has 1 heterocycles. The Morgan fingerprint density at radius 2 is 1.95 bits per heavy atom. The average Bonchev–Trinajstić information content (AvgIpc) is 2.33. The molecule has 0 radical (unpaired) electrons. The molecule has 1 fully saturated rings. The number of nitrogen functional groups attached to an aromatic ring is 1. The Hall–Kier alpha value is -2.37. The highest BCUT2D eigenvalue weighted by atomic mass is 16.4. The molecule has 1 aliphatic rings. The summed E-state index contributed by atoms with van der Waals surface area (Å²) in [6.45, 7) is 1.80. The summed E-state index contributed by atoms with van der Waals surface area (Å²) < 4.78 is 0. The Balaban J connectivity index is 2.31. The SMILES string of the molecule is CC1CC(=O)N(Cc2cccc(N)c2C(=O)O)C(=O)C1. The van der Waals surface area contributed by atoms with Gasteiger partial charge in [-0.05, 0) is 17.5 Å². The molecular formula is C14H16N2O4. The molecule has 106 valence electrons. The van der Waals surface area contributed by atoms with Gasteiger partial charge in [-0.25, -0.2) is 4.79 Å². The van der Waals surface area contributed by atoms with Gasteiger partial charge < -0.3 is 10.8 Å². The molecule has 1 saturated heterocycles. The van der Waals surface area contributed by atoms with Crippen molar-refractivity contribution in [3.05, 3.63) is 29.3 Å². The lowest BCUT2D eigenvalue weighted by Gasteiger charge is -2.28. The van der Waals surface area contributed by atoms with E-state index < -0.39 is 5.97 Å². The highest BCUT2D eigenvalue weighted by Gasteiger charge is 2.31. The molecule has 3 N–H and O–H groups in total. The molecule has 20 heavy (non-hydrogen) atoms. The number of carboxylic acids is 1. The van der Waals surface area contributed by atoms with Crippen molar-refractivity contribution in [1.82, 2.24) is 4.90 Å². The van der Waals surface area contributed by atoms with Crippen LogP contribution in [0.4, 0.5) is 5.69 Å². The topological polar surface area (TPSA) is 101 Å². The Bertz CT molecular complexity index is 565. The van der Waals surface area contributed by atoms with Gasteiger partial charge in [-0.15, -0.1) is 0 Å². The highest BCUT2D eigenvalue weighted by molar-refractivity contribution is 5.99. The minimum atomic E-state index is -1.16. The predicted octanol–water partition coefficient (Wildman–Crippen LogP) is 1.25. The Labute approximate surface area is 116 Å². The van der Waals surface area contributed by atoms with E-state index in [1.54, 1.807) is 12.1 Å². The zero-order chi connectivity index (χ0) is 14.9. The fraction of sp³-hybridized carbons (Fsp3) is 0.357. The number of imide groups is 1. The summed E-state index contributed by atoms with van der Waals surface area (Å²) in [6.07, 6.45) is 0.604. The van der Waals surface area contributed by atoms with Crippen molar-refractivity contribution in [1.29, 1.82) is 0 Å². The van der Waals surface area contributed by atoms with Gasteiger partial charge in [0.15, 0.2) is 0 Å². The van der Waals surface area contributed by atoms with Gasteiger partial charge in [0, 0.05) is 18.5 Å². The van der Waals surface area contributed by atoms with Crippen molar-refractivity contribution in [2.45, 2.75) is 26.3 Å². The van der Waals surface area contributed by atoms with Crippen molar-refractivity contribution >= 4 is 23.5 Å². The van der Waals surface area contributed by atoms with Gasteiger partial charge in [-0.3, -0.25) is 14.5 Å². The summed E-state index contributed by atoms with van der Waals surface area (Å²) in [5, 5.41) is 9.18. The number of piperidine rings is 1. The van der Waals surface area contributed by atoms with Crippen LogP contribution in [0.15, 0.2) is 18.2 Å². The van der Waals surface area contributed by atoms with Gasteiger partial charge in [0.05, 0.1) is 12.1 Å². The van der Waals surface area contributed by atoms with E-state index in [4.69, 9.17) is 5.73 Å². The average molecular weight is 276 g/mol. The van der Waals surface area contributed by atoms with E-state index >= 15 is 0 Å². The van der Waals surface area contributed by atoms with E-state index in [1.165, 1.54) is 6.07 Å². The number of benzene rings is 1. The molecule has 2 amide bonds. The second-order valence-electron chi connectivity index (χ2n) is 5.07. The van der Waals surface area contributed by atoms with Crippen LogP contribution in [0, 0.1) is 5.92 Å². The molecule has 1 aliphatic heterocycles. The molecule has 6 heteroatoms. The molecule has 6 nitrogen and oxygen atoms in total. The third-order valence-electron chi connectivity index (χ3n) is 3.37. The number of anilines is 1. The van der Waals surface area contributed by atoms with Crippen LogP contribution >= 0.6 is 0 Å². The van der Waals surface area contributed by atoms with E-state index in [9.17, 15) is 19.5 Å². The first-order chi connectivity index (χ1) is 9.40. The smallest absolute Gasteiger partial charge is 0.338 e. The van der Waals surface area contributed by atoms with Gasteiger partial charge in [-0.1, -0.05) is 19.1 Å². The summed E-state index contributed by atoms with van der Waals surface area (Å²) in [5.74, 6) is -1.67. The van der Waals surface area contributed by atoms with E-state index in [0.29, 0.717) is 18.4 Å². The van der Waals surface area contributed by atoms with Crippen molar-refractivity contribution in [3.8, 4) is 0 Å². The molecule has 0 saturated carbocycles. The minimum Gasteiger partial charge on any atom is -0.478 e. The standard InChI is InChI=1S/C14H16N2O4/c1-8-5-11(17)16(12(18)6-8)7-9-3-2-4-10(15)13(9)14(19)20/h2-4,8H,5-7,15H2,1H3,(H,19,20). The van der Waals surface area contributed by atoms with E-state index in [0.717, 1.165) is 4.90 Å². The first-order valence-electron chi connectivity index (χ1n) is 6.34. The Morgan fingerprint density at radius 1 is 1.35 bits per heavy atom. The number of hydrogen-bond donors (Lipinski definition) is 2. The summed E-state index contributed by atoms with van der Waals surface area (Å²) in [4.78, 5) is 36.2. The second kappa shape index (κ2) is 5.32. The third-order valence-corrected chi connectivity index (χ3v) is 3.37. The number of rotatable bonds is 3. The molecule has 1 aromatic rings. The Kier molecular flexibility index (Phi) is 3.74. The van der Waals surface area contributed by atoms with Gasteiger partial charge in [0.1, 0.15) is 0 Å². The number of carbonyl (C=O) groups is 3. The molecule has 0 aliphatic carbocycles. The van der Waals surface area contributed by atoms with Crippen LogP contribution in [0.5, 0.6) is 0 Å². The molecular weight excluding hydrogens is 260 g/mol. The molecule has 0 atom stereocenters. The van der Waals surface area contributed by atoms with Crippen LogP contribution in [0.25, 0.3) is 0 Å². The predicted molar refractivity (Wildman–Crippen MR) is 71.8 cm³/mol. The van der Waals surface area contributed by atoms with E-state index in [2.05, 4.69) is 0 Å². The monoisotopic (exact) mass is 276 g/mol. The van der Waals surface area contributed by atoms with Gasteiger partial charge in [0.25, 0.3) is 0 Å². The number of hydrogen-bond acceptors (Lipinski definition) is 4. The fourth-order valence-corrected chi connectivity index (χ4v) is 2.39. The van der Waals surface area contributed by atoms with E-state index in [-0.39, 0.29) is 35.5 Å². The van der Waals surface area contributed by atoms with Crippen LogP contribution in [0.3, 0.4) is 0 Å². The fourth-order valence-electron chi connectivity index (χ4n) is 2.39. The second-order valence-corrected chi connectivity index (χ2v) is 5.07. The number of carboxylic acid groups (broad SMARTS) is 1. The summed E-state index contributed by atoms with van der Waals surface area (Å²) in [7, 11) is 0. The normalized spacial score (nSPS) is 16.6. The first-order valence-corrected chi connectivity index (χ1v) is 6.34. The first kappa shape index (κ1) is 14.0. The van der Waals surface area contributed by atoms with Gasteiger partial charge >= 0.3 is 5.97 Å². The van der Waals surface area contributed by atoms with Crippen LogP contribution in [0.1, 0.15) is 35.7 Å². The van der Waals surface area contributed by atoms with Crippen LogP contribution in [-0.2, 0) is 16.1 Å². The maximum absolute atomic E-state index is 11.9. The molecule has 0 unspecified atom stereocenters. The molecule has 0 bridgehead atoms. The zero-order valence-electron chi connectivity index (χ0n) is 11.1. The third kappa shape index (κ3) is 2.64.